The second kappa shape index (κ2) is 9.33. The average Bonchev–Trinajstić information content (AvgIpc) is 3.14. The first-order valence-electron chi connectivity index (χ1n) is 8.89. The Morgan fingerprint density at radius 1 is 1.38 bits per heavy atom. The minimum atomic E-state index is -1.39. The molecule has 1 amide bonds. The number of nitrogens with zero attached hydrogens (tertiary/aromatic N) is 1. The van der Waals surface area contributed by atoms with Gasteiger partial charge in [-0.25, -0.2) is 4.79 Å². The molecule has 2 rings (SSSR count). The third-order valence-corrected chi connectivity index (χ3v) is 5.27. The molecule has 1 aliphatic carbocycles. The van der Waals surface area contributed by atoms with Crippen molar-refractivity contribution in [2.75, 3.05) is 25.5 Å². The second-order valence-electron chi connectivity index (χ2n) is 6.93. The third kappa shape index (κ3) is 4.92. The first kappa shape index (κ1) is 22.8. The standard InChI is InChI=1S/C18H23N3O7S/c1-4-28-17(27)13-11-12(20-21-13)9(23)7-10(14(11)24)29-6-5-19-16(26)15(25)18(2,3)8-22/h7,15,22,25H,4-6,8H2,1-3H3,(H,19,26)(H,20,21). The Bertz CT molecular complexity index is 860. The van der Waals surface area contributed by atoms with Gasteiger partial charge in [0.2, 0.25) is 17.5 Å². The van der Waals surface area contributed by atoms with Crippen LogP contribution < -0.4 is 5.32 Å². The maximum Gasteiger partial charge on any atom is 0.357 e. The Labute approximate surface area is 171 Å². The zero-order valence-electron chi connectivity index (χ0n) is 16.3. The van der Waals surface area contributed by atoms with Crippen molar-refractivity contribution in [1.29, 1.82) is 0 Å². The van der Waals surface area contributed by atoms with Crippen LogP contribution in [0.15, 0.2) is 11.0 Å². The molecule has 0 saturated carbocycles. The first-order chi connectivity index (χ1) is 13.6. The van der Waals surface area contributed by atoms with E-state index in [0.29, 0.717) is 0 Å². The van der Waals surface area contributed by atoms with E-state index in [4.69, 9.17) is 4.74 Å². The van der Waals surface area contributed by atoms with Gasteiger partial charge in [-0.2, -0.15) is 5.10 Å². The molecule has 29 heavy (non-hydrogen) atoms. The summed E-state index contributed by atoms with van der Waals surface area (Å²) in [6, 6.07) is 0. The van der Waals surface area contributed by atoms with Crippen molar-refractivity contribution in [3.05, 3.63) is 27.9 Å². The maximum absolute atomic E-state index is 12.7. The molecule has 1 aromatic rings. The van der Waals surface area contributed by atoms with E-state index in [9.17, 15) is 29.4 Å². The minimum Gasteiger partial charge on any atom is -0.461 e. The van der Waals surface area contributed by atoms with Crippen molar-refractivity contribution in [3.8, 4) is 0 Å². The van der Waals surface area contributed by atoms with Crippen molar-refractivity contribution in [1.82, 2.24) is 15.5 Å². The highest BCUT2D eigenvalue weighted by Gasteiger charge is 2.35. The van der Waals surface area contributed by atoms with Crippen LogP contribution in [0.2, 0.25) is 0 Å². The van der Waals surface area contributed by atoms with Crippen molar-refractivity contribution in [2.45, 2.75) is 26.9 Å². The van der Waals surface area contributed by atoms with E-state index in [1.165, 1.54) is 0 Å². The van der Waals surface area contributed by atoms with Crippen LogP contribution in [0.3, 0.4) is 0 Å². The van der Waals surface area contributed by atoms with Crippen LogP contribution in [-0.2, 0) is 9.53 Å². The van der Waals surface area contributed by atoms with Crippen LogP contribution in [-0.4, -0.2) is 75.5 Å². The Morgan fingerprint density at radius 3 is 2.69 bits per heavy atom. The Kier molecular flexibility index (Phi) is 7.33. The number of rotatable bonds is 9. The number of hydrogen-bond acceptors (Lipinski definition) is 9. The summed E-state index contributed by atoms with van der Waals surface area (Å²) < 4.78 is 4.87. The number of aliphatic hydroxyl groups is 2. The highest BCUT2D eigenvalue weighted by atomic mass is 32.2. The summed E-state index contributed by atoms with van der Waals surface area (Å²) in [5, 5.41) is 27.8. The summed E-state index contributed by atoms with van der Waals surface area (Å²) >= 11 is 1.03. The number of hydrogen-bond donors (Lipinski definition) is 4. The molecule has 0 fully saturated rings. The molecule has 4 N–H and O–H groups in total. The van der Waals surface area contributed by atoms with Crippen LogP contribution in [0, 0.1) is 5.41 Å². The van der Waals surface area contributed by atoms with Gasteiger partial charge in [-0.05, 0) is 6.92 Å². The smallest absolute Gasteiger partial charge is 0.357 e. The van der Waals surface area contributed by atoms with Gasteiger partial charge in [0.25, 0.3) is 0 Å². The number of aliphatic hydroxyl groups excluding tert-OH is 2. The molecule has 0 saturated heterocycles. The number of carbonyl (C=O) groups is 4. The van der Waals surface area contributed by atoms with Crippen LogP contribution in [0.1, 0.15) is 52.1 Å². The Morgan fingerprint density at radius 2 is 2.07 bits per heavy atom. The number of thioether (sulfide) groups is 1. The van der Waals surface area contributed by atoms with E-state index in [1.54, 1.807) is 20.8 Å². The fourth-order valence-corrected chi connectivity index (χ4v) is 3.30. The van der Waals surface area contributed by atoms with Crippen molar-refractivity contribution in [3.63, 3.8) is 0 Å². The lowest BCUT2D eigenvalue weighted by molar-refractivity contribution is -0.136. The molecule has 0 spiro atoms. The summed E-state index contributed by atoms with van der Waals surface area (Å²) in [7, 11) is 0. The summed E-state index contributed by atoms with van der Waals surface area (Å²) in [5.74, 6) is -2.23. The van der Waals surface area contributed by atoms with Crippen molar-refractivity contribution in [2.24, 2.45) is 5.41 Å². The topological polar surface area (TPSA) is 159 Å². The van der Waals surface area contributed by atoms with Gasteiger partial charge < -0.3 is 20.3 Å². The monoisotopic (exact) mass is 425 g/mol. The van der Waals surface area contributed by atoms with E-state index in [1.807, 2.05) is 0 Å². The average molecular weight is 425 g/mol. The van der Waals surface area contributed by atoms with Gasteiger partial charge in [0.05, 0.1) is 23.7 Å². The normalized spacial score (nSPS) is 14.9. The summed E-state index contributed by atoms with van der Waals surface area (Å²) in [4.78, 5) is 48.9. The number of esters is 1. The molecule has 1 atom stereocenters. The lowest BCUT2D eigenvalue weighted by Crippen LogP contribution is -2.46. The highest BCUT2D eigenvalue weighted by molar-refractivity contribution is 8.04. The van der Waals surface area contributed by atoms with Crippen LogP contribution >= 0.6 is 11.8 Å². The van der Waals surface area contributed by atoms with E-state index in [0.717, 1.165) is 17.8 Å². The molecule has 0 aliphatic heterocycles. The number of fused-ring (bicyclic) bond motifs is 1. The van der Waals surface area contributed by atoms with E-state index in [-0.39, 0.29) is 47.4 Å². The molecule has 0 bridgehead atoms. The molecule has 1 unspecified atom stereocenters. The van der Waals surface area contributed by atoms with Gasteiger partial charge in [-0.1, -0.05) is 13.8 Å². The first-order valence-corrected chi connectivity index (χ1v) is 9.88. The van der Waals surface area contributed by atoms with Gasteiger partial charge in [0.15, 0.2) is 5.69 Å². The number of H-pyrrole nitrogens is 1. The summed E-state index contributed by atoms with van der Waals surface area (Å²) in [6.45, 7) is 4.56. The molecule has 1 heterocycles. The SMILES string of the molecule is CCOC(=O)c1[nH]nc2c1C(=O)C(SCCNC(=O)C(O)C(C)(C)CO)=CC2=O. The molecule has 158 valence electrons. The number of aromatic nitrogens is 2. The fraction of sp³-hybridized carbons (Fsp3) is 0.500. The third-order valence-electron chi connectivity index (χ3n) is 4.25. The lowest BCUT2D eigenvalue weighted by Gasteiger charge is -2.27. The second-order valence-corrected chi connectivity index (χ2v) is 8.07. The van der Waals surface area contributed by atoms with Gasteiger partial charge in [0.1, 0.15) is 11.8 Å². The van der Waals surface area contributed by atoms with Gasteiger partial charge in [-0.15, -0.1) is 11.8 Å². The largest absolute Gasteiger partial charge is 0.461 e. The zero-order chi connectivity index (χ0) is 21.8. The Balaban J connectivity index is 1.99. The molecule has 1 aliphatic rings. The molecular formula is C18H23N3O7S. The summed E-state index contributed by atoms with van der Waals surface area (Å²) in [5.41, 5.74) is -1.42. The van der Waals surface area contributed by atoms with Crippen LogP contribution in [0.4, 0.5) is 0 Å². The number of ketones is 2. The van der Waals surface area contributed by atoms with Crippen molar-refractivity contribution < 1.29 is 34.1 Å². The molecule has 1 aromatic heterocycles. The molecule has 0 aromatic carbocycles. The van der Waals surface area contributed by atoms with Gasteiger partial charge in [0, 0.05) is 23.8 Å². The molecule has 0 radical (unpaired) electrons. The Hall–Kier alpha value is -2.50. The number of carbonyl (C=O) groups excluding carboxylic acids is 4. The van der Waals surface area contributed by atoms with Crippen LogP contribution in [0.5, 0.6) is 0 Å². The molecular weight excluding hydrogens is 402 g/mol. The number of Topliss-reactive ketones (excluding diaryl/α,β-unsaturated/α-hetero) is 1. The number of amides is 1. The summed E-state index contributed by atoms with van der Waals surface area (Å²) in [6.07, 6.45) is -0.258. The number of nitrogens with one attached hydrogen (secondary N) is 2. The fourth-order valence-electron chi connectivity index (χ4n) is 2.45. The maximum atomic E-state index is 12.7. The quantitative estimate of drug-likeness (QED) is 0.317. The van der Waals surface area contributed by atoms with E-state index < -0.39 is 35.0 Å². The zero-order valence-corrected chi connectivity index (χ0v) is 17.1. The lowest BCUT2D eigenvalue weighted by atomic mass is 9.87. The predicted molar refractivity (Wildman–Crippen MR) is 104 cm³/mol. The number of aromatic amines is 1. The van der Waals surface area contributed by atoms with E-state index >= 15 is 0 Å². The predicted octanol–water partition coefficient (Wildman–Crippen LogP) is 0.0781. The molecule has 10 nitrogen and oxygen atoms in total. The minimum absolute atomic E-state index is 0.102. The number of ether oxygens (including phenoxy) is 1. The highest BCUT2D eigenvalue weighted by Crippen LogP contribution is 2.29. The van der Waals surface area contributed by atoms with Gasteiger partial charge >= 0.3 is 5.97 Å². The van der Waals surface area contributed by atoms with Crippen molar-refractivity contribution >= 4 is 35.2 Å². The van der Waals surface area contributed by atoms with Gasteiger partial charge in [-0.3, -0.25) is 19.5 Å². The number of allylic oxidation sites excluding steroid dienone is 2. The van der Waals surface area contributed by atoms with Crippen LogP contribution in [0.25, 0.3) is 0 Å². The molecule has 11 heteroatoms. The van der Waals surface area contributed by atoms with E-state index in [2.05, 4.69) is 15.5 Å².